The van der Waals surface area contributed by atoms with Gasteiger partial charge in [0.15, 0.2) is 14.6 Å². The van der Waals surface area contributed by atoms with Gasteiger partial charge in [-0.25, -0.2) is 13.4 Å². The van der Waals surface area contributed by atoms with Gasteiger partial charge in [-0.3, -0.25) is 4.79 Å². The molecule has 8 heteroatoms. The zero-order chi connectivity index (χ0) is 18.1. The first-order valence-corrected chi connectivity index (χ1v) is 9.95. The predicted molar refractivity (Wildman–Crippen MR) is 95.0 cm³/mol. The van der Waals surface area contributed by atoms with E-state index < -0.39 is 20.5 Å². The Hall–Kier alpha value is -2.19. The Morgan fingerprint density at radius 3 is 2.64 bits per heavy atom. The van der Waals surface area contributed by atoms with E-state index in [2.05, 4.69) is 15.6 Å². The summed E-state index contributed by atoms with van der Waals surface area (Å²) in [7, 11) is -3.55. The monoisotopic (exact) mass is 363 g/mol. The van der Waals surface area contributed by atoms with E-state index >= 15 is 0 Å². The zero-order valence-corrected chi connectivity index (χ0v) is 15.0. The fraction of sp³-hybridized carbons (Fsp3) is 0.412. The second-order valence-electron chi connectivity index (χ2n) is 6.34. The summed E-state index contributed by atoms with van der Waals surface area (Å²) in [6.07, 6.45) is 4.68. The Labute approximate surface area is 146 Å². The van der Waals surface area contributed by atoms with Crippen LogP contribution in [0.1, 0.15) is 18.4 Å². The van der Waals surface area contributed by atoms with Gasteiger partial charge in [-0.15, -0.1) is 0 Å². The number of carbonyl (C=O) groups is 1. The van der Waals surface area contributed by atoms with Crippen molar-refractivity contribution in [1.29, 1.82) is 0 Å². The molecule has 1 saturated heterocycles. The molecule has 7 nitrogen and oxygen atoms in total. The number of carbonyl (C=O) groups excluding carboxylic acids is 1. The molecule has 1 fully saturated rings. The minimum absolute atomic E-state index is 0.260. The van der Waals surface area contributed by atoms with Crippen LogP contribution in [-0.4, -0.2) is 43.4 Å². The lowest BCUT2D eigenvalue weighted by molar-refractivity contribution is -0.119. The summed E-state index contributed by atoms with van der Waals surface area (Å²) >= 11 is 0. The highest BCUT2D eigenvalue weighted by molar-refractivity contribution is 7.92. The highest BCUT2D eigenvalue weighted by Gasteiger charge is 2.48. The third kappa shape index (κ3) is 3.32. The first kappa shape index (κ1) is 17.6. The molecule has 0 spiro atoms. The molecule has 0 saturated carbocycles. The van der Waals surface area contributed by atoms with Gasteiger partial charge in [0, 0.05) is 17.5 Å². The van der Waals surface area contributed by atoms with Crippen molar-refractivity contribution in [1.82, 2.24) is 10.3 Å². The third-order valence-electron chi connectivity index (χ3n) is 4.69. The van der Waals surface area contributed by atoms with Gasteiger partial charge in [0.05, 0.1) is 6.20 Å². The molecule has 134 valence electrons. The van der Waals surface area contributed by atoms with Gasteiger partial charge in [-0.2, -0.15) is 0 Å². The number of aromatic nitrogens is 1. The highest BCUT2D eigenvalue weighted by atomic mass is 32.2. The van der Waals surface area contributed by atoms with Crippen molar-refractivity contribution >= 4 is 21.4 Å². The number of oxazole rings is 1. The molecular formula is C17H21N3O4S. The van der Waals surface area contributed by atoms with Crippen LogP contribution in [0.15, 0.2) is 35.1 Å². The van der Waals surface area contributed by atoms with Gasteiger partial charge in [0.2, 0.25) is 11.8 Å². The van der Waals surface area contributed by atoms with E-state index in [0.717, 1.165) is 17.4 Å². The number of sulfone groups is 1. The number of anilines is 1. The van der Waals surface area contributed by atoms with Crippen molar-refractivity contribution in [3.05, 3.63) is 36.2 Å². The third-order valence-corrected chi connectivity index (χ3v) is 6.71. The molecule has 0 bridgehead atoms. The summed E-state index contributed by atoms with van der Waals surface area (Å²) in [5, 5.41) is 5.87. The Morgan fingerprint density at radius 2 is 2.04 bits per heavy atom. The van der Waals surface area contributed by atoms with Gasteiger partial charge in [-0.05, 0) is 50.6 Å². The second kappa shape index (κ2) is 6.61. The molecule has 1 aromatic heterocycles. The SMILES string of the molecule is Cc1ccc(NC(=O)C2(S(C)(=O)=O)CCNCC2)cc1-c1ncco1. The molecule has 1 aromatic carbocycles. The summed E-state index contributed by atoms with van der Waals surface area (Å²) < 4.78 is 28.6. The van der Waals surface area contributed by atoms with Gasteiger partial charge in [-0.1, -0.05) is 6.07 Å². The largest absolute Gasteiger partial charge is 0.445 e. The summed E-state index contributed by atoms with van der Waals surface area (Å²) in [5.41, 5.74) is 2.21. The van der Waals surface area contributed by atoms with Crippen molar-refractivity contribution in [2.75, 3.05) is 24.7 Å². The topological polar surface area (TPSA) is 101 Å². The van der Waals surface area contributed by atoms with Crippen LogP contribution in [0.25, 0.3) is 11.5 Å². The molecule has 2 N–H and O–H groups in total. The van der Waals surface area contributed by atoms with E-state index in [9.17, 15) is 13.2 Å². The fourth-order valence-electron chi connectivity index (χ4n) is 3.13. The molecular weight excluding hydrogens is 342 g/mol. The Morgan fingerprint density at radius 1 is 1.32 bits per heavy atom. The Kier molecular flexibility index (Phi) is 4.66. The molecule has 0 unspecified atom stereocenters. The lowest BCUT2D eigenvalue weighted by atomic mass is 9.95. The molecule has 1 aliphatic rings. The van der Waals surface area contributed by atoms with E-state index in [0.29, 0.717) is 24.7 Å². The maximum atomic E-state index is 12.9. The Balaban J connectivity index is 1.91. The number of nitrogens with zero attached hydrogens (tertiary/aromatic N) is 1. The van der Waals surface area contributed by atoms with E-state index in [-0.39, 0.29) is 12.8 Å². The minimum Gasteiger partial charge on any atom is -0.445 e. The molecule has 1 aliphatic heterocycles. The number of hydrogen-bond donors (Lipinski definition) is 2. The molecule has 2 aromatic rings. The van der Waals surface area contributed by atoms with Gasteiger partial charge < -0.3 is 15.1 Å². The number of piperidine rings is 1. The van der Waals surface area contributed by atoms with Gasteiger partial charge in [0.1, 0.15) is 6.26 Å². The summed E-state index contributed by atoms with van der Waals surface area (Å²) in [6, 6.07) is 5.33. The molecule has 0 aliphatic carbocycles. The maximum absolute atomic E-state index is 12.9. The summed E-state index contributed by atoms with van der Waals surface area (Å²) in [4.78, 5) is 17.0. The predicted octanol–water partition coefficient (Wildman–Crippen LogP) is 1.76. The normalized spacial score (nSPS) is 17.2. The smallest absolute Gasteiger partial charge is 0.245 e. The van der Waals surface area contributed by atoms with Crippen LogP contribution < -0.4 is 10.6 Å². The first-order chi connectivity index (χ1) is 11.8. The van der Waals surface area contributed by atoms with Crippen LogP contribution in [0, 0.1) is 6.92 Å². The van der Waals surface area contributed by atoms with Crippen LogP contribution in [-0.2, 0) is 14.6 Å². The Bertz CT molecular complexity index is 869. The van der Waals surface area contributed by atoms with Crippen molar-refractivity contribution in [3.8, 4) is 11.5 Å². The maximum Gasteiger partial charge on any atom is 0.245 e. The molecule has 0 radical (unpaired) electrons. The van der Waals surface area contributed by atoms with E-state index in [1.165, 1.54) is 6.26 Å². The lowest BCUT2D eigenvalue weighted by Gasteiger charge is -2.34. The van der Waals surface area contributed by atoms with Crippen LogP contribution in [0.4, 0.5) is 5.69 Å². The van der Waals surface area contributed by atoms with E-state index in [1.54, 1.807) is 18.3 Å². The van der Waals surface area contributed by atoms with Gasteiger partial charge >= 0.3 is 0 Å². The molecule has 2 heterocycles. The van der Waals surface area contributed by atoms with Crippen LogP contribution in [0.2, 0.25) is 0 Å². The van der Waals surface area contributed by atoms with Crippen LogP contribution >= 0.6 is 0 Å². The average molecular weight is 363 g/mol. The zero-order valence-electron chi connectivity index (χ0n) is 14.2. The number of benzene rings is 1. The van der Waals surface area contributed by atoms with E-state index in [4.69, 9.17) is 4.42 Å². The first-order valence-electron chi connectivity index (χ1n) is 8.06. The number of hydrogen-bond acceptors (Lipinski definition) is 6. The van der Waals surface area contributed by atoms with Crippen LogP contribution in [0.3, 0.4) is 0 Å². The van der Waals surface area contributed by atoms with E-state index in [1.807, 2.05) is 13.0 Å². The standard InChI is InChI=1S/C17H21N3O4S/c1-12-3-4-13(11-14(12)15-19-9-10-24-15)20-16(21)17(25(2,22)23)5-7-18-8-6-17/h3-4,9-11,18H,5-8H2,1-2H3,(H,20,21). The number of nitrogens with one attached hydrogen (secondary N) is 2. The average Bonchev–Trinajstić information content (AvgIpc) is 3.10. The highest BCUT2D eigenvalue weighted by Crippen LogP contribution is 2.31. The fourth-order valence-corrected chi connectivity index (χ4v) is 4.46. The number of rotatable bonds is 4. The van der Waals surface area contributed by atoms with Gasteiger partial charge in [0.25, 0.3) is 0 Å². The number of amides is 1. The lowest BCUT2D eigenvalue weighted by Crippen LogP contribution is -2.55. The van der Waals surface area contributed by atoms with Crippen LogP contribution in [0.5, 0.6) is 0 Å². The van der Waals surface area contributed by atoms with Crippen molar-refractivity contribution in [2.24, 2.45) is 0 Å². The summed E-state index contributed by atoms with van der Waals surface area (Å²) in [6.45, 7) is 2.90. The molecule has 1 amide bonds. The van der Waals surface area contributed by atoms with Crippen molar-refractivity contribution < 1.29 is 17.6 Å². The molecule has 0 atom stereocenters. The van der Waals surface area contributed by atoms with Crippen molar-refractivity contribution in [2.45, 2.75) is 24.5 Å². The number of aryl methyl sites for hydroxylation is 1. The second-order valence-corrected chi connectivity index (χ2v) is 8.66. The summed E-state index contributed by atoms with van der Waals surface area (Å²) in [5.74, 6) is -0.0352. The van der Waals surface area contributed by atoms with Crippen molar-refractivity contribution in [3.63, 3.8) is 0 Å². The minimum atomic E-state index is -3.55. The quantitative estimate of drug-likeness (QED) is 0.858. The molecule has 3 rings (SSSR count). The molecule has 25 heavy (non-hydrogen) atoms.